The van der Waals surface area contributed by atoms with E-state index in [1.165, 1.54) is 10.9 Å². The lowest BCUT2D eigenvalue weighted by molar-refractivity contribution is 0.139. The smallest absolute Gasteiger partial charge is 0.407 e. The highest BCUT2D eigenvalue weighted by molar-refractivity contribution is 5.83. The van der Waals surface area contributed by atoms with Crippen LogP contribution in [0.25, 0.3) is 10.9 Å². The lowest BCUT2D eigenvalue weighted by Crippen LogP contribution is -2.23. The number of carbonyl (C=O) groups excluding carboxylic acids is 1. The van der Waals surface area contributed by atoms with Crippen LogP contribution in [0.1, 0.15) is 16.7 Å². The van der Waals surface area contributed by atoms with Crippen molar-refractivity contribution in [2.24, 2.45) is 0 Å². The predicted molar refractivity (Wildman–Crippen MR) is 86.5 cm³/mol. The molecule has 2 N–H and O–H groups in total. The predicted octanol–water partition coefficient (Wildman–Crippen LogP) is 3.90. The molecule has 2 aromatic carbocycles. The summed E-state index contributed by atoms with van der Waals surface area (Å²) in [5, 5.41) is 3.95. The van der Waals surface area contributed by atoms with Crippen LogP contribution >= 0.6 is 0 Å². The molecule has 0 saturated carbocycles. The number of aryl methyl sites for hydroxylation is 1. The third-order valence-electron chi connectivity index (χ3n) is 3.60. The van der Waals surface area contributed by atoms with Crippen LogP contribution < -0.4 is 5.32 Å². The van der Waals surface area contributed by atoms with Crippen LogP contribution in [0.15, 0.2) is 54.7 Å². The summed E-state index contributed by atoms with van der Waals surface area (Å²) in [6.45, 7) is 2.79. The van der Waals surface area contributed by atoms with Gasteiger partial charge in [-0.05, 0) is 35.7 Å². The second-order valence-electron chi connectivity index (χ2n) is 5.27. The molecule has 0 unspecified atom stereocenters. The van der Waals surface area contributed by atoms with Gasteiger partial charge in [-0.15, -0.1) is 0 Å². The maximum atomic E-state index is 11.7. The number of carbonyl (C=O) groups is 1. The Hall–Kier alpha value is -2.75. The molecule has 1 amide bonds. The summed E-state index contributed by atoms with van der Waals surface area (Å²) in [5.41, 5.74) is 4.32. The Morgan fingerprint density at radius 2 is 1.95 bits per heavy atom. The van der Waals surface area contributed by atoms with Gasteiger partial charge in [-0.3, -0.25) is 0 Å². The van der Waals surface area contributed by atoms with Gasteiger partial charge >= 0.3 is 6.09 Å². The van der Waals surface area contributed by atoms with E-state index in [4.69, 9.17) is 4.74 Å². The number of rotatable bonds is 4. The van der Waals surface area contributed by atoms with E-state index in [2.05, 4.69) is 23.3 Å². The minimum Gasteiger partial charge on any atom is -0.445 e. The zero-order valence-electron chi connectivity index (χ0n) is 12.4. The monoisotopic (exact) mass is 294 g/mol. The first-order chi connectivity index (χ1) is 10.7. The standard InChI is InChI=1S/C18H18N2O2/c1-13-10-19-17-8-7-15(9-16(13)17)11-20-18(21)22-12-14-5-3-2-4-6-14/h2-10,19H,11-12H2,1H3,(H,20,21). The van der Waals surface area contributed by atoms with Crippen molar-refractivity contribution in [2.45, 2.75) is 20.1 Å². The molecule has 0 radical (unpaired) electrons. The van der Waals surface area contributed by atoms with Gasteiger partial charge in [0.25, 0.3) is 0 Å². The molecule has 0 saturated heterocycles. The van der Waals surface area contributed by atoms with Gasteiger partial charge in [-0.1, -0.05) is 36.4 Å². The fourth-order valence-corrected chi connectivity index (χ4v) is 2.37. The number of amides is 1. The molecule has 0 bridgehead atoms. The molecule has 0 fully saturated rings. The molecule has 0 spiro atoms. The van der Waals surface area contributed by atoms with E-state index in [1.807, 2.05) is 48.7 Å². The number of ether oxygens (including phenoxy) is 1. The highest BCUT2D eigenvalue weighted by atomic mass is 16.5. The minimum atomic E-state index is -0.408. The van der Waals surface area contributed by atoms with E-state index in [-0.39, 0.29) is 6.61 Å². The summed E-state index contributed by atoms with van der Waals surface area (Å²) in [5.74, 6) is 0. The van der Waals surface area contributed by atoms with E-state index in [0.717, 1.165) is 16.6 Å². The molecule has 0 atom stereocenters. The number of hydrogen-bond acceptors (Lipinski definition) is 2. The molecule has 4 nitrogen and oxygen atoms in total. The summed E-state index contributed by atoms with van der Waals surface area (Å²) in [4.78, 5) is 14.9. The highest BCUT2D eigenvalue weighted by Gasteiger charge is 2.05. The van der Waals surface area contributed by atoms with Crippen molar-refractivity contribution in [3.05, 3.63) is 71.4 Å². The van der Waals surface area contributed by atoms with Crippen LogP contribution in [-0.4, -0.2) is 11.1 Å². The molecule has 3 aromatic rings. The summed E-state index contributed by atoms with van der Waals surface area (Å²) >= 11 is 0. The van der Waals surface area contributed by atoms with E-state index >= 15 is 0 Å². The summed E-state index contributed by atoms with van der Waals surface area (Å²) < 4.78 is 5.19. The van der Waals surface area contributed by atoms with Crippen molar-refractivity contribution >= 4 is 17.0 Å². The molecule has 112 valence electrons. The molecule has 0 aliphatic carbocycles. The average Bonchev–Trinajstić information content (AvgIpc) is 2.93. The largest absolute Gasteiger partial charge is 0.445 e. The zero-order chi connectivity index (χ0) is 15.4. The first-order valence-electron chi connectivity index (χ1n) is 7.23. The fraction of sp³-hybridized carbons (Fsp3) is 0.167. The Labute approximate surface area is 129 Å². The normalized spacial score (nSPS) is 10.6. The Morgan fingerprint density at radius 1 is 1.14 bits per heavy atom. The number of aromatic nitrogens is 1. The number of nitrogens with one attached hydrogen (secondary N) is 2. The van der Waals surface area contributed by atoms with Crippen LogP contribution in [-0.2, 0) is 17.9 Å². The van der Waals surface area contributed by atoms with Crippen LogP contribution in [0.2, 0.25) is 0 Å². The third-order valence-corrected chi connectivity index (χ3v) is 3.60. The van der Waals surface area contributed by atoms with E-state index < -0.39 is 6.09 Å². The van der Waals surface area contributed by atoms with Gasteiger partial charge in [-0.25, -0.2) is 4.79 Å². The van der Waals surface area contributed by atoms with E-state index in [9.17, 15) is 4.79 Å². The quantitative estimate of drug-likeness (QED) is 0.766. The molecule has 1 aromatic heterocycles. The first-order valence-corrected chi connectivity index (χ1v) is 7.23. The number of H-pyrrole nitrogens is 1. The lowest BCUT2D eigenvalue weighted by atomic mass is 10.1. The minimum absolute atomic E-state index is 0.280. The van der Waals surface area contributed by atoms with Crippen molar-refractivity contribution in [1.82, 2.24) is 10.3 Å². The number of alkyl carbamates (subject to hydrolysis) is 1. The van der Waals surface area contributed by atoms with Crippen molar-refractivity contribution in [3.8, 4) is 0 Å². The van der Waals surface area contributed by atoms with Gasteiger partial charge < -0.3 is 15.0 Å². The molecular formula is C18H18N2O2. The Balaban J connectivity index is 1.54. The number of aromatic amines is 1. The summed E-state index contributed by atoms with van der Waals surface area (Å²) in [7, 11) is 0. The van der Waals surface area contributed by atoms with Gasteiger partial charge in [0, 0.05) is 23.6 Å². The molecule has 0 aliphatic rings. The van der Waals surface area contributed by atoms with Crippen molar-refractivity contribution in [2.75, 3.05) is 0 Å². The van der Waals surface area contributed by atoms with Crippen molar-refractivity contribution in [1.29, 1.82) is 0 Å². The Morgan fingerprint density at radius 3 is 2.77 bits per heavy atom. The maximum absolute atomic E-state index is 11.7. The third kappa shape index (κ3) is 3.28. The molecule has 3 rings (SSSR count). The molecule has 0 aliphatic heterocycles. The van der Waals surface area contributed by atoms with Crippen LogP contribution in [0, 0.1) is 6.92 Å². The van der Waals surface area contributed by atoms with Gasteiger partial charge in [0.2, 0.25) is 0 Å². The van der Waals surface area contributed by atoms with Crippen LogP contribution in [0.4, 0.5) is 4.79 Å². The van der Waals surface area contributed by atoms with Crippen LogP contribution in [0.3, 0.4) is 0 Å². The second-order valence-corrected chi connectivity index (χ2v) is 5.27. The van der Waals surface area contributed by atoms with Gasteiger partial charge in [0.15, 0.2) is 0 Å². The number of fused-ring (bicyclic) bond motifs is 1. The van der Waals surface area contributed by atoms with Crippen molar-refractivity contribution in [3.63, 3.8) is 0 Å². The fourth-order valence-electron chi connectivity index (χ4n) is 2.37. The molecule has 22 heavy (non-hydrogen) atoms. The number of hydrogen-bond donors (Lipinski definition) is 2. The highest BCUT2D eigenvalue weighted by Crippen LogP contribution is 2.18. The molecule has 1 heterocycles. The van der Waals surface area contributed by atoms with Crippen molar-refractivity contribution < 1.29 is 9.53 Å². The van der Waals surface area contributed by atoms with E-state index in [1.54, 1.807) is 0 Å². The SMILES string of the molecule is Cc1c[nH]c2ccc(CNC(=O)OCc3ccccc3)cc12. The maximum Gasteiger partial charge on any atom is 0.407 e. The van der Waals surface area contributed by atoms with Gasteiger partial charge in [-0.2, -0.15) is 0 Å². The second kappa shape index (κ2) is 6.35. The van der Waals surface area contributed by atoms with Crippen LogP contribution in [0.5, 0.6) is 0 Å². The Kier molecular flexibility index (Phi) is 4.10. The zero-order valence-corrected chi connectivity index (χ0v) is 12.4. The number of benzene rings is 2. The first kappa shape index (κ1) is 14.2. The van der Waals surface area contributed by atoms with Gasteiger partial charge in [0.05, 0.1) is 0 Å². The average molecular weight is 294 g/mol. The van der Waals surface area contributed by atoms with E-state index in [0.29, 0.717) is 6.54 Å². The summed E-state index contributed by atoms with van der Waals surface area (Å²) in [6, 6.07) is 15.7. The Bertz CT molecular complexity index is 778. The molecular weight excluding hydrogens is 276 g/mol. The lowest BCUT2D eigenvalue weighted by Gasteiger charge is -2.07. The molecule has 4 heteroatoms. The van der Waals surface area contributed by atoms with Gasteiger partial charge in [0.1, 0.15) is 6.61 Å². The topological polar surface area (TPSA) is 54.1 Å². The summed E-state index contributed by atoms with van der Waals surface area (Å²) in [6.07, 6.45) is 1.57.